The molecule has 0 radical (unpaired) electrons. The van der Waals surface area contributed by atoms with Gasteiger partial charge in [0.25, 0.3) is 0 Å². The third kappa shape index (κ3) is 3.30. The summed E-state index contributed by atoms with van der Waals surface area (Å²) >= 11 is 5.31. The van der Waals surface area contributed by atoms with Crippen LogP contribution in [-0.2, 0) is 9.53 Å². The molecule has 0 N–H and O–H groups in total. The maximum atomic E-state index is 10.6. The zero-order chi connectivity index (χ0) is 7.98. The van der Waals surface area contributed by atoms with Crippen LogP contribution in [0.4, 0.5) is 0 Å². The lowest BCUT2D eigenvalue weighted by Crippen LogP contribution is -2.00. The Labute approximate surface area is 65.1 Å². The Morgan fingerprint density at radius 1 is 1.80 bits per heavy atom. The number of ether oxygens (including phenoxy) is 1. The van der Waals surface area contributed by atoms with Crippen LogP contribution in [0.15, 0.2) is 24.3 Å². The van der Waals surface area contributed by atoms with E-state index < -0.39 is 5.97 Å². The number of carbonyl (C=O) groups is 1. The minimum absolute atomic E-state index is 0.308. The topological polar surface area (TPSA) is 26.3 Å². The van der Waals surface area contributed by atoms with Gasteiger partial charge in [-0.25, -0.2) is 4.79 Å². The molecule has 0 rings (SSSR count). The van der Waals surface area contributed by atoms with Crippen molar-refractivity contribution in [3.05, 3.63) is 24.3 Å². The van der Waals surface area contributed by atoms with E-state index in [2.05, 4.69) is 11.3 Å². The molecule has 0 atom stereocenters. The van der Waals surface area contributed by atoms with E-state index in [-0.39, 0.29) is 0 Å². The second-order valence-corrected chi connectivity index (χ2v) is 1.88. The highest BCUT2D eigenvalue weighted by Crippen LogP contribution is 1.95. The summed E-state index contributed by atoms with van der Waals surface area (Å²) in [4.78, 5) is 10.6. The van der Waals surface area contributed by atoms with E-state index in [4.69, 9.17) is 11.6 Å². The molecule has 0 aromatic heterocycles. The van der Waals surface area contributed by atoms with Crippen molar-refractivity contribution in [2.24, 2.45) is 0 Å². The first-order chi connectivity index (χ1) is 4.72. The van der Waals surface area contributed by atoms with Gasteiger partial charge in [-0.05, 0) is 0 Å². The first-order valence-electron chi connectivity index (χ1n) is 2.72. The summed E-state index contributed by atoms with van der Waals surface area (Å²) in [6.45, 7) is 3.44. The summed E-state index contributed by atoms with van der Waals surface area (Å²) < 4.78 is 4.38. The predicted octanol–water partition coefficient (Wildman–Crippen LogP) is 1.51. The van der Waals surface area contributed by atoms with E-state index in [1.165, 1.54) is 13.2 Å². The summed E-state index contributed by atoms with van der Waals surface area (Å²) in [6.07, 6.45) is 3.15. The van der Waals surface area contributed by atoms with Gasteiger partial charge in [-0.15, -0.1) is 11.6 Å². The van der Waals surface area contributed by atoms with Crippen LogP contribution in [0.3, 0.4) is 0 Å². The molecule has 10 heavy (non-hydrogen) atoms. The molecular formula is C7H9ClO2. The number of allylic oxidation sites excluding steroid dienone is 1. The van der Waals surface area contributed by atoms with E-state index in [1.54, 1.807) is 6.08 Å². The Balaban J connectivity index is 3.85. The van der Waals surface area contributed by atoms with Crippen LogP contribution in [-0.4, -0.2) is 19.0 Å². The second kappa shape index (κ2) is 5.06. The fourth-order valence-corrected chi connectivity index (χ4v) is 0.475. The van der Waals surface area contributed by atoms with Gasteiger partial charge >= 0.3 is 5.97 Å². The van der Waals surface area contributed by atoms with Crippen molar-refractivity contribution in [3.63, 3.8) is 0 Å². The number of hydrogen-bond donors (Lipinski definition) is 0. The molecule has 56 valence electrons. The van der Waals surface area contributed by atoms with Crippen molar-refractivity contribution in [1.82, 2.24) is 0 Å². The summed E-state index contributed by atoms with van der Waals surface area (Å²) in [5.41, 5.74) is 0.308. The number of carbonyl (C=O) groups excluding carboxylic acids is 1. The quantitative estimate of drug-likeness (QED) is 0.271. The molecule has 0 fully saturated rings. The summed E-state index contributed by atoms with van der Waals surface area (Å²) in [5, 5.41) is 0. The van der Waals surface area contributed by atoms with Gasteiger partial charge in [-0.2, -0.15) is 0 Å². The van der Waals surface area contributed by atoms with Crippen molar-refractivity contribution in [2.75, 3.05) is 13.0 Å². The van der Waals surface area contributed by atoms with Gasteiger partial charge in [-0.1, -0.05) is 18.7 Å². The van der Waals surface area contributed by atoms with E-state index in [9.17, 15) is 4.79 Å². The SMILES string of the molecule is C=C(C=CCCl)C(=O)OC. The molecule has 0 heterocycles. The lowest BCUT2D eigenvalue weighted by molar-refractivity contribution is -0.135. The number of alkyl halides is 1. The largest absolute Gasteiger partial charge is 0.465 e. The molecule has 0 unspecified atom stereocenters. The van der Waals surface area contributed by atoms with Crippen LogP contribution in [0.25, 0.3) is 0 Å². The van der Waals surface area contributed by atoms with Crippen molar-refractivity contribution in [1.29, 1.82) is 0 Å². The molecule has 0 saturated carbocycles. The fraction of sp³-hybridized carbons (Fsp3) is 0.286. The van der Waals surface area contributed by atoms with Crippen LogP contribution in [0.1, 0.15) is 0 Å². The summed E-state index contributed by atoms with van der Waals surface area (Å²) in [5.74, 6) is -0.0582. The van der Waals surface area contributed by atoms with Crippen LogP contribution >= 0.6 is 11.6 Å². The number of esters is 1. The standard InChI is InChI=1S/C7H9ClO2/c1-6(4-3-5-8)7(9)10-2/h3-4H,1,5H2,2H3. The number of halogens is 1. The molecule has 0 aliphatic carbocycles. The number of hydrogen-bond acceptors (Lipinski definition) is 2. The predicted molar refractivity (Wildman–Crippen MR) is 41.0 cm³/mol. The smallest absolute Gasteiger partial charge is 0.337 e. The Kier molecular flexibility index (Phi) is 4.67. The minimum Gasteiger partial charge on any atom is -0.465 e. The third-order valence-electron chi connectivity index (χ3n) is 0.856. The van der Waals surface area contributed by atoms with Gasteiger partial charge in [0.15, 0.2) is 0 Å². The average molecular weight is 161 g/mol. The fourth-order valence-electron chi connectivity index (χ4n) is 0.386. The van der Waals surface area contributed by atoms with Crippen molar-refractivity contribution < 1.29 is 9.53 Å². The number of rotatable bonds is 3. The first kappa shape index (κ1) is 9.24. The molecule has 0 aromatic carbocycles. The molecule has 0 aliphatic heterocycles. The lowest BCUT2D eigenvalue weighted by Gasteiger charge is -1.94. The average Bonchev–Trinajstić information content (AvgIpc) is 1.98. The maximum absolute atomic E-state index is 10.6. The lowest BCUT2D eigenvalue weighted by atomic mass is 10.3. The first-order valence-corrected chi connectivity index (χ1v) is 3.25. The molecule has 0 saturated heterocycles. The van der Waals surface area contributed by atoms with Crippen molar-refractivity contribution >= 4 is 17.6 Å². The van der Waals surface area contributed by atoms with E-state index in [0.717, 1.165) is 0 Å². The van der Waals surface area contributed by atoms with Gasteiger partial charge < -0.3 is 4.74 Å². The van der Waals surface area contributed by atoms with Gasteiger partial charge in [0, 0.05) is 5.88 Å². The van der Waals surface area contributed by atoms with Gasteiger partial charge in [-0.3, -0.25) is 0 Å². The van der Waals surface area contributed by atoms with Crippen LogP contribution in [0, 0.1) is 0 Å². The zero-order valence-electron chi connectivity index (χ0n) is 5.76. The Morgan fingerprint density at radius 3 is 2.80 bits per heavy atom. The minimum atomic E-state index is -0.429. The van der Waals surface area contributed by atoms with E-state index >= 15 is 0 Å². The maximum Gasteiger partial charge on any atom is 0.337 e. The Bertz CT molecular complexity index is 161. The molecule has 0 spiro atoms. The van der Waals surface area contributed by atoms with Gasteiger partial charge in [0.05, 0.1) is 12.7 Å². The van der Waals surface area contributed by atoms with Crippen LogP contribution in [0.2, 0.25) is 0 Å². The van der Waals surface area contributed by atoms with Crippen LogP contribution in [0.5, 0.6) is 0 Å². The molecule has 2 nitrogen and oxygen atoms in total. The molecule has 3 heteroatoms. The highest BCUT2D eigenvalue weighted by atomic mass is 35.5. The highest BCUT2D eigenvalue weighted by Gasteiger charge is 1.99. The second-order valence-electron chi connectivity index (χ2n) is 1.57. The Morgan fingerprint density at radius 2 is 2.40 bits per heavy atom. The highest BCUT2D eigenvalue weighted by molar-refractivity contribution is 6.19. The zero-order valence-corrected chi connectivity index (χ0v) is 6.52. The Hall–Kier alpha value is -0.760. The normalized spacial score (nSPS) is 9.80. The van der Waals surface area contributed by atoms with Crippen molar-refractivity contribution in [3.8, 4) is 0 Å². The molecule has 0 amide bonds. The van der Waals surface area contributed by atoms with Crippen LogP contribution < -0.4 is 0 Å². The van der Waals surface area contributed by atoms with E-state index in [0.29, 0.717) is 11.5 Å². The number of methoxy groups -OCH3 is 1. The third-order valence-corrected chi connectivity index (χ3v) is 1.03. The summed E-state index contributed by atoms with van der Waals surface area (Å²) in [7, 11) is 1.31. The van der Waals surface area contributed by atoms with E-state index in [1.807, 2.05) is 0 Å². The monoisotopic (exact) mass is 160 g/mol. The van der Waals surface area contributed by atoms with Gasteiger partial charge in [0.1, 0.15) is 0 Å². The molecule has 0 aromatic rings. The molecule has 0 aliphatic rings. The summed E-state index contributed by atoms with van der Waals surface area (Å²) in [6, 6.07) is 0. The molecule has 0 bridgehead atoms. The molecular weight excluding hydrogens is 152 g/mol. The van der Waals surface area contributed by atoms with Crippen molar-refractivity contribution in [2.45, 2.75) is 0 Å². The van der Waals surface area contributed by atoms with Gasteiger partial charge in [0.2, 0.25) is 0 Å².